The van der Waals surface area contributed by atoms with Crippen molar-refractivity contribution >= 4 is 79.7 Å². The molecule has 1 fully saturated rings. The Hall–Kier alpha value is -2.55. The molecule has 1 saturated heterocycles. The molecule has 17 heteroatoms. The van der Waals surface area contributed by atoms with Gasteiger partial charge in [-0.25, -0.2) is 14.6 Å². The molecule has 1 aromatic heterocycles. The van der Waals surface area contributed by atoms with Crippen LogP contribution in [0.2, 0.25) is 0 Å². The lowest BCUT2D eigenvalue weighted by molar-refractivity contribution is -0.149. The zero-order valence-electron chi connectivity index (χ0n) is 18.5. The molecule has 2 amide bonds. The molecule has 3 rings (SSSR count). The van der Waals surface area contributed by atoms with E-state index in [4.69, 9.17) is 21.1 Å². The van der Waals surface area contributed by atoms with Gasteiger partial charge in [-0.2, -0.15) is 0 Å². The van der Waals surface area contributed by atoms with Gasteiger partial charge in [-0.05, 0) is 25.0 Å². The van der Waals surface area contributed by atoms with Gasteiger partial charge in [0, 0.05) is 11.0 Å². The molecule has 0 aromatic carbocycles. The summed E-state index contributed by atoms with van der Waals surface area (Å²) in [6.07, 6.45) is -1.11. The number of nitrogens with one attached hydrogen (secondary N) is 1. The first kappa shape index (κ1) is 26.1. The average molecular weight is 529 g/mol. The summed E-state index contributed by atoms with van der Waals surface area (Å²) in [5.41, 5.74) is 0.103. The van der Waals surface area contributed by atoms with Crippen LogP contribution in [0.4, 0.5) is 0 Å². The number of hydrogen-bond donors (Lipinski definition) is 1. The number of rotatable bonds is 8. The van der Waals surface area contributed by atoms with E-state index in [0.717, 1.165) is 12.9 Å². The van der Waals surface area contributed by atoms with E-state index in [9.17, 15) is 23.7 Å². The fraction of sp³-hybridized carbons (Fsp3) is 0.412. The molecule has 34 heavy (non-hydrogen) atoms. The molecule has 0 spiro atoms. The van der Waals surface area contributed by atoms with Crippen LogP contribution in [0.25, 0.3) is 0 Å². The van der Waals surface area contributed by atoms with Crippen molar-refractivity contribution in [1.29, 1.82) is 0 Å². The second-order valence-electron chi connectivity index (χ2n) is 7.11. The van der Waals surface area contributed by atoms with Gasteiger partial charge in [-0.3, -0.25) is 14.5 Å². The minimum atomic E-state index is -1.64. The molecular formula is C17H19B2ClN4O8S2. The van der Waals surface area contributed by atoms with Crippen LogP contribution in [0.1, 0.15) is 17.6 Å². The van der Waals surface area contributed by atoms with E-state index in [1.807, 2.05) is 0 Å². The van der Waals surface area contributed by atoms with Crippen molar-refractivity contribution in [2.45, 2.75) is 31.4 Å². The van der Waals surface area contributed by atoms with Crippen molar-refractivity contribution in [3.8, 4) is 0 Å². The second kappa shape index (κ2) is 10.8. The zero-order valence-corrected chi connectivity index (χ0v) is 20.9. The maximum Gasteiger partial charge on any atom is 0.337 e. The number of nitrogens with zero attached hydrogens (tertiary/aromatic N) is 3. The highest BCUT2D eigenvalue weighted by Crippen LogP contribution is 2.37. The SMILES string of the molecule is BOC(=O)C1=C(CCl)C[S+]([O-])[C@@H]2[C@H](NC(=O)/C(=N\O[C@H](C)C(=O)OB)c3csc(C)n3)C(=O)N12. The number of β-lactam (4-membered cyclic amide) rings is 1. The minimum absolute atomic E-state index is 0.0548. The summed E-state index contributed by atoms with van der Waals surface area (Å²) in [7, 11) is 2.33. The van der Waals surface area contributed by atoms with Gasteiger partial charge in [-0.1, -0.05) is 5.16 Å². The number of oxime groups is 1. The molecular weight excluding hydrogens is 509 g/mol. The van der Waals surface area contributed by atoms with E-state index in [-0.39, 0.29) is 28.7 Å². The lowest BCUT2D eigenvalue weighted by Gasteiger charge is -2.49. The first-order valence-electron chi connectivity index (χ1n) is 9.76. The summed E-state index contributed by atoms with van der Waals surface area (Å²) in [5.74, 6) is -3.17. The number of halogens is 1. The quantitative estimate of drug-likeness (QED) is 0.0973. The van der Waals surface area contributed by atoms with Gasteiger partial charge in [0.2, 0.25) is 11.5 Å². The largest absolute Gasteiger partial charge is 0.614 e. The molecule has 0 saturated carbocycles. The van der Waals surface area contributed by atoms with Gasteiger partial charge < -0.3 is 24.0 Å². The van der Waals surface area contributed by atoms with Crippen molar-refractivity contribution in [2.24, 2.45) is 5.16 Å². The number of amides is 2. The van der Waals surface area contributed by atoms with Crippen molar-refractivity contribution in [3.05, 3.63) is 27.4 Å². The van der Waals surface area contributed by atoms with Crippen LogP contribution in [-0.2, 0) is 44.5 Å². The number of carbonyl (C=O) groups is 4. The number of aryl methyl sites for hydroxylation is 1. The Morgan fingerprint density at radius 1 is 1.44 bits per heavy atom. The van der Waals surface area contributed by atoms with Gasteiger partial charge in [0.15, 0.2) is 11.8 Å². The van der Waals surface area contributed by atoms with E-state index in [2.05, 4.69) is 20.1 Å². The third-order valence-electron chi connectivity index (χ3n) is 4.94. The highest BCUT2D eigenvalue weighted by Gasteiger charge is 2.61. The van der Waals surface area contributed by atoms with Crippen LogP contribution in [-0.4, -0.2) is 89.2 Å². The van der Waals surface area contributed by atoms with Crippen LogP contribution < -0.4 is 5.32 Å². The zero-order chi connectivity index (χ0) is 25.2. The van der Waals surface area contributed by atoms with Crippen molar-refractivity contribution in [3.63, 3.8) is 0 Å². The van der Waals surface area contributed by atoms with E-state index in [1.165, 1.54) is 26.3 Å². The molecule has 180 valence electrons. The monoisotopic (exact) mass is 528 g/mol. The third kappa shape index (κ3) is 4.94. The Morgan fingerprint density at radius 2 is 2.15 bits per heavy atom. The summed E-state index contributed by atoms with van der Waals surface area (Å²) in [4.78, 5) is 60.1. The lowest BCUT2D eigenvalue weighted by Crippen LogP contribution is -2.75. The van der Waals surface area contributed by atoms with E-state index in [1.54, 1.807) is 12.3 Å². The standard InChI is InChI=1S/C17H19B2ClN4O8S2/c1-6(16(27)30-18)32-23-10(9-4-33-7(2)21-9)13(25)22-11-14(26)24-12(17(28)31-19)8(3-20)5-34(29)15(11)24/h4,6,11,15H,3,5,18-19H2,1-2H3,(H,22,25)/b23-10-/t6-,11-,15-,34?/m1/s1. The van der Waals surface area contributed by atoms with Gasteiger partial charge in [0.05, 0.1) is 10.9 Å². The first-order valence-corrected chi connectivity index (χ1v) is 12.6. The summed E-state index contributed by atoms with van der Waals surface area (Å²) < 4.78 is 22.1. The Balaban J connectivity index is 1.85. The molecule has 1 unspecified atom stereocenters. The molecule has 4 atom stereocenters. The smallest absolute Gasteiger partial charge is 0.337 e. The number of hydrogen-bond acceptors (Lipinski definition) is 11. The number of fused-ring (bicyclic) bond motifs is 1. The van der Waals surface area contributed by atoms with Crippen LogP contribution >= 0.6 is 22.9 Å². The summed E-state index contributed by atoms with van der Waals surface area (Å²) in [6.45, 7) is 3.10. The normalized spacial score (nSPS) is 22.9. The van der Waals surface area contributed by atoms with Crippen molar-refractivity contribution < 1.29 is 37.9 Å². The van der Waals surface area contributed by atoms with Crippen LogP contribution in [0.5, 0.6) is 0 Å². The fourth-order valence-corrected chi connectivity index (χ4v) is 5.88. The lowest BCUT2D eigenvalue weighted by atomic mass is 10.0. The minimum Gasteiger partial charge on any atom is -0.614 e. The molecule has 2 aliphatic rings. The Labute approximate surface area is 208 Å². The predicted octanol–water partition coefficient (Wildman–Crippen LogP) is -2.35. The predicted molar refractivity (Wildman–Crippen MR) is 127 cm³/mol. The van der Waals surface area contributed by atoms with Gasteiger partial charge in [0.1, 0.15) is 17.1 Å². The molecule has 0 aliphatic carbocycles. The van der Waals surface area contributed by atoms with Crippen LogP contribution in [0.15, 0.2) is 21.8 Å². The third-order valence-corrected chi connectivity index (χ3v) is 7.69. The summed E-state index contributed by atoms with van der Waals surface area (Å²) in [6, 6.07) is -1.20. The fourth-order valence-electron chi connectivity index (χ4n) is 3.27. The van der Waals surface area contributed by atoms with Crippen molar-refractivity contribution in [2.75, 3.05) is 11.6 Å². The first-order chi connectivity index (χ1) is 16.1. The maximum absolute atomic E-state index is 13.1. The average Bonchev–Trinajstić information content (AvgIpc) is 3.26. The summed E-state index contributed by atoms with van der Waals surface area (Å²) in [5, 5.41) is 7.45. The number of carbonyl (C=O) groups excluding carboxylic acids is 4. The van der Waals surface area contributed by atoms with E-state index >= 15 is 0 Å². The van der Waals surface area contributed by atoms with Crippen LogP contribution in [0, 0.1) is 6.92 Å². The Morgan fingerprint density at radius 3 is 2.71 bits per heavy atom. The molecule has 12 nitrogen and oxygen atoms in total. The highest BCUT2D eigenvalue weighted by molar-refractivity contribution is 7.92. The number of thiazole rings is 1. The number of aromatic nitrogens is 1. The molecule has 1 aromatic rings. The molecule has 3 heterocycles. The molecule has 0 bridgehead atoms. The van der Waals surface area contributed by atoms with Gasteiger partial charge in [0.25, 0.3) is 11.8 Å². The Bertz CT molecular complexity index is 1080. The Kier molecular flexibility index (Phi) is 8.28. The van der Waals surface area contributed by atoms with Gasteiger partial charge in [-0.15, -0.1) is 22.9 Å². The molecule has 1 N–H and O–H groups in total. The van der Waals surface area contributed by atoms with Crippen molar-refractivity contribution in [1.82, 2.24) is 15.2 Å². The second-order valence-corrected chi connectivity index (χ2v) is 9.98. The van der Waals surface area contributed by atoms with Crippen LogP contribution in [0.3, 0.4) is 0 Å². The van der Waals surface area contributed by atoms with E-state index < -0.39 is 52.4 Å². The maximum atomic E-state index is 13.1. The van der Waals surface area contributed by atoms with E-state index in [0.29, 0.717) is 10.6 Å². The van der Waals surface area contributed by atoms with Gasteiger partial charge >= 0.3 is 28.0 Å². The number of alkyl halides is 1. The molecule has 2 aliphatic heterocycles. The topological polar surface area (TPSA) is 160 Å². The molecule has 0 radical (unpaired) electrons. The summed E-state index contributed by atoms with van der Waals surface area (Å²) >= 11 is 5.48. The highest BCUT2D eigenvalue weighted by atomic mass is 35.5.